The van der Waals surface area contributed by atoms with E-state index in [1.54, 1.807) is 6.07 Å². The first kappa shape index (κ1) is 15.0. The molecule has 1 aromatic carbocycles. The van der Waals surface area contributed by atoms with Crippen LogP contribution in [0.25, 0.3) is 0 Å². The summed E-state index contributed by atoms with van der Waals surface area (Å²) in [6.07, 6.45) is -0.779. The van der Waals surface area contributed by atoms with E-state index in [1.165, 1.54) is 13.8 Å². The monoisotopic (exact) mass is 265 g/mol. The van der Waals surface area contributed by atoms with Crippen molar-refractivity contribution in [2.45, 2.75) is 40.2 Å². The third-order valence-corrected chi connectivity index (χ3v) is 2.94. The molecule has 0 saturated carbocycles. The summed E-state index contributed by atoms with van der Waals surface area (Å²) in [4.78, 5) is 22.6. The molecule has 1 amide bonds. The smallest absolute Gasteiger partial charge is 0.413 e. The van der Waals surface area contributed by atoms with Crippen LogP contribution in [0.1, 0.15) is 30.5 Å². The minimum Gasteiger partial charge on any atom is -0.480 e. The molecule has 5 nitrogen and oxygen atoms in total. The molecule has 0 heterocycles. The van der Waals surface area contributed by atoms with E-state index in [0.717, 1.165) is 16.7 Å². The van der Waals surface area contributed by atoms with Crippen molar-refractivity contribution in [1.29, 1.82) is 0 Å². The quantitative estimate of drug-likeness (QED) is 0.880. The lowest BCUT2D eigenvalue weighted by Crippen LogP contribution is -2.50. The molecule has 0 atom stereocenters. The van der Waals surface area contributed by atoms with Gasteiger partial charge in [-0.25, -0.2) is 9.59 Å². The van der Waals surface area contributed by atoms with Crippen molar-refractivity contribution in [2.75, 3.05) is 0 Å². The molecule has 1 rings (SSSR count). The van der Waals surface area contributed by atoms with Crippen LogP contribution in [-0.4, -0.2) is 22.7 Å². The van der Waals surface area contributed by atoms with Gasteiger partial charge < -0.3 is 15.2 Å². The molecule has 0 aromatic heterocycles. The highest BCUT2D eigenvalue weighted by atomic mass is 16.6. The average molecular weight is 265 g/mol. The second-order valence-electron chi connectivity index (χ2n) is 5.15. The Hall–Kier alpha value is -2.04. The number of nitrogens with one attached hydrogen (secondary N) is 1. The van der Waals surface area contributed by atoms with Crippen LogP contribution in [0.2, 0.25) is 0 Å². The van der Waals surface area contributed by atoms with E-state index in [4.69, 9.17) is 9.84 Å². The zero-order valence-electron chi connectivity index (χ0n) is 11.8. The number of carboxylic acid groups (broad SMARTS) is 1. The Morgan fingerprint density at radius 2 is 1.63 bits per heavy atom. The number of benzene rings is 1. The predicted molar refractivity (Wildman–Crippen MR) is 71.5 cm³/mol. The Morgan fingerprint density at radius 1 is 1.11 bits per heavy atom. The van der Waals surface area contributed by atoms with Crippen LogP contribution in [0.15, 0.2) is 12.1 Å². The van der Waals surface area contributed by atoms with E-state index in [1.807, 2.05) is 26.8 Å². The van der Waals surface area contributed by atoms with Crippen molar-refractivity contribution in [2.24, 2.45) is 0 Å². The number of hydrogen-bond acceptors (Lipinski definition) is 3. The van der Waals surface area contributed by atoms with E-state index in [9.17, 15) is 9.59 Å². The number of hydrogen-bond donors (Lipinski definition) is 2. The minimum absolute atomic E-state index is 0.432. The molecular weight excluding hydrogens is 246 g/mol. The molecule has 0 bridgehead atoms. The lowest BCUT2D eigenvalue weighted by atomic mass is 10.1. The molecule has 0 saturated heterocycles. The first-order valence-electron chi connectivity index (χ1n) is 5.94. The highest BCUT2D eigenvalue weighted by Crippen LogP contribution is 2.22. The number of amides is 1. The van der Waals surface area contributed by atoms with Crippen LogP contribution in [0.3, 0.4) is 0 Å². The Morgan fingerprint density at radius 3 is 2.16 bits per heavy atom. The summed E-state index contributed by atoms with van der Waals surface area (Å²) in [6, 6.07) is 3.68. The highest BCUT2D eigenvalue weighted by molar-refractivity contribution is 5.84. The van der Waals surface area contributed by atoms with E-state index in [0.29, 0.717) is 5.75 Å². The summed E-state index contributed by atoms with van der Waals surface area (Å²) < 4.78 is 5.15. The second-order valence-corrected chi connectivity index (χ2v) is 5.15. The van der Waals surface area contributed by atoms with Gasteiger partial charge in [0.05, 0.1) is 0 Å². The predicted octanol–water partition coefficient (Wildman–Crippen LogP) is 2.56. The summed E-state index contributed by atoms with van der Waals surface area (Å²) in [7, 11) is 0. The SMILES string of the molecule is Cc1cc(C)c(OC(=O)NC(C)(C)C(=O)O)cc1C. The number of carboxylic acids is 1. The van der Waals surface area contributed by atoms with Gasteiger partial charge in [-0.05, 0) is 57.4 Å². The standard InChI is InChI=1S/C14H19NO4/c1-8-6-10(3)11(7-9(8)2)19-13(18)15-14(4,5)12(16)17/h6-7H,1-5H3,(H,15,18)(H,16,17). The van der Waals surface area contributed by atoms with Crippen molar-refractivity contribution < 1.29 is 19.4 Å². The first-order chi connectivity index (χ1) is 8.63. The van der Waals surface area contributed by atoms with Crippen molar-refractivity contribution >= 4 is 12.1 Å². The van der Waals surface area contributed by atoms with Crippen molar-refractivity contribution in [1.82, 2.24) is 5.32 Å². The molecule has 0 radical (unpaired) electrons. The molecule has 2 N–H and O–H groups in total. The fraction of sp³-hybridized carbons (Fsp3) is 0.429. The third kappa shape index (κ3) is 3.71. The zero-order valence-corrected chi connectivity index (χ0v) is 11.8. The average Bonchev–Trinajstić information content (AvgIpc) is 2.24. The van der Waals surface area contributed by atoms with Gasteiger partial charge in [0.15, 0.2) is 0 Å². The Kier molecular flexibility index (Phi) is 4.19. The molecule has 0 aliphatic heterocycles. The van der Waals surface area contributed by atoms with E-state index < -0.39 is 17.6 Å². The van der Waals surface area contributed by atoms with Crippen molar-refractivity contribution in [3.8, 4) is 5.75 Å². The second kappa shape index (κ2) is 5.30. The lowest BCUT2D eigenvalue weighted by molar-refractivity contribution is -0.143. The first-order valence-corrected chi connectivity index (χ1v) is 5.94. The van der Waals surface area contributed by atoms with Gasteiger partial charge >= 0.3 is 12.1 Å². The van der Waals surface area contributed by atoms with Gasteiger partial charge in [0.1, 0.15) is 11.3 Å². The van der Waals surface area contributed by atoms with E-state index >= 15 is 0 Å². The molecule has 0 spiro atoms. The van der Waals surface area contributed by atoms with Crippen LogP contribution in [0.5, 0.6) is 5.75 Å². The summed E-state index contributed by atoms with van der Waals surface area (Å²) in [6.45, 7) is 8.51. The highest BCUT2D eigenvalue weighted by Gasteiger charge is 2.29. The number of rotatable bonds is 3. The van der Waals surface area contributed by atoms with Crippen LogP contribution in [0.4, 0.5) is 4.79 Å². The van der Waals surface area contributed by atoms with Gasteiger partial charge in [0, 0.05) is 0 Å². The molecule has 0 aliphatic rings. The van der Waals surface area contributed by atoms with Crippen LogP contribution in [-0.2, 0) is 4.79 Å². The fourth-order valence-electron chi connectivity index (χ4n) is 1.48. The molecule has 0 aliphatic carbocycles. The molecular formula is C14H19NO4. The number of carbonyl (C=O) groups is 2. The summed E-state index contributed by atoms with van der Waals surface area (Å²) in [5, 5.41) is 11.2. The van der Waals surface area contributed by atoms with Gasteiger partial charge in [-0.15, -0.1) is 0 Å². The van der Waals surface area contributed by atoms with Gasteiger partial charge in [-0.3, -0.25) is 0 Å². The summed E-state index contributed by atoms with van der Waals surface area (Å²) in [5.41, 5.74) is 1.57. The number of ether oxygens (including phenoxy) is 1. The van der Waals surface area contributed by atoms with Gasteiger partial charge in [0.2, 0.25) is 0 Å². The van der Waals surface area contributed by atoms with E-state index in [-0.39, 0.29) is 0 Å². The normalized spacial score (nSPS) is 11.0. The molecule has 0 unspecified atom stereocenters. The lowest BCUT2D eigenvalue weighted by Gasteiger charge is -2.21. The molecule has 5 heteroatoms. The molecule has 104 valence electrons. The number of carbonyl (C=O) groups excluding carboxylic acids is 1. The van der Waals surface area contributed by atoms with Gasteiger partial charge in [0.25, 0.3) is 0 Å². The number of aliphatic carboxylic acids is 1. The maximum atomic E-state index is 11.7. The fourth-order valence-corrected chi connectivity index (χ4v) is 1.48. The molecule has 0 fully saturated rings. The largest absolute Gasteiger partial charge is 0.480 e. The Labute approximate surface area is 112 Å². The third-order valence-electron chi connectivity index (χ3n) is 2.94. The Bertz CT molecular complexity index is 520. The van der Waals surface area contributed by atoms with Gasteiger partial charge in [-0.2, -0.15) is 0 Å². The van der Waals surface area contributed by atoms with Gasteiger partial charge in [-0.1, -0.05) is 6.07 Å². The van der Waals surface area contributed by atoms with Crippen LogP contribution < -0.4 is 10.1 Å². The Balaban J connectivity index is 2.84. The van der Waals surface area contributed by atoms with E-state index in [2.05, 4.69) is 5.32 Å². The van der Waals surface area contributed by atoms with Crippen LogP contribution in [0, 0.1) is 20.8 Å². The topological polar surface area (TPSA) is 75.6 Å². The molecule has 19 heavy (non-hydrogen) atoms. The summed E-state index contributed by atoms with van der Waals surface area (Å²) in [5.74, 6) is -0.692. The summed E-state index contributed by atoms with van der Waals surface area (Å²) >= 11 is 0. The van der Waals surface area contributed by atoms with Crippen LogP contribution >= 0.6 is 0 Å². The maximum absolute atomic E-state index is 11.7. The van der Waals surface area contributed by atoms with Crippen molar-refractivity contribution in [3.05, 3.63) is 28.8 Å². The number of aryl methyl sites for hydroxylation is 3. The molecule has 1 aromatic rings. The van der Waals surface area contributed by atoms with Crippen molar-refractivity contribution in [3.63, 3.8) is 0 Å². The maximum Gasteiger partial charge on any atom is 0.413 e. The zero-order chi connectivity index (χ0) is 14.8. The minimum atomic E-state index is -1.37.